The first-order chi connectivity index (χ1) is 8.53. The van der Waals surface area contributed by atoms with Crippen LogP contribution in [0.2, 0.25) is 0 Å². The van der Waals surface area contributed by atoms with Gasteiger partial charge in [-0.15, -0.1) is 0 Å². The summed E-state index contributed by atoms with van der Waals surface area (Å²) in [6.07, 6.45) is 0.604. The first kappa shape index (κ1) is 14.6. The highest BCUT2D eigenvalue weighted by Crippen LogP contribution is 2.17. The van der Waals surface area contributed by atoms with Crippen molar-refractivity contribution in [2.24, 2.45) is 0 Å². The SMILES string of the molecule is CNCCCNS(=O)(=O)c1cccc(F)c1C#N. The van der Waals surface area contributed by atoms with Crippen LogP contribution in [0.5, 0.6) is 0 Å². The second-order valence-corrected chi connectivity index (χ2v) is 5.32. The standard InChI is InChI=1S/C11H14FN3O2S/c1-14-6-3-7-15-18(16,17)11-5-2-4-10(12)9(11)8-13/h2,4-5,14-15H,3,6-7H2,1H3. The van der Waals surface area contributed by atoms with Gasteiger partial charge in [0.05, 0.1) is 0 Å². The number of hydrogen-bond acceptors (Lipinski definition) is 4. The Morgan fingerprint density at radius 3 is 2.72 bits per heavy atom. The third-order valence-electron chi connectivity index (χ3n) is 2.27. The maximum atomic E-state index is 13.3. The summed E-state index contributed by atoms with van der Waals surface area (Å²) < 4.78 is 39.4. The minimum atomic E-state index is -3.85. The van der Waals surface area contributed by atoms with Gasteiger partial charge in [-0.05, 0) is 32.1 Å². The van der Waals surface area contributed by atoms with Crippen molar-refractivity contribution in [2.45, 2.75) is 11.3 Å². The number of hydrogen-bond donors (Lipinski definition) is 2. The molecule has 0 radical (unpaired) electrons. The molecule has 0 aliphatic heterocycles. The van der Waals surface area contributed by atoms with Gasteiger partial charge in [-0.2, -0.15) is 5.26 Å². The molecule has 0 unspecified atom stereocenters. The minimum Gasteiger partial charge on any atom is -0.320 e. The van der Waals surface area contributed by atoms with Gasteiger partial charge in [-0.25, -0.2) is 17.5 Å². The van der Waals surface area contributed by atoms with Gasteiger partial charge in [0.2, 0.25) is 10.0 Å². The van der Waals surface area contributed by atoms with Gasteiger partial charge >= 0.3 is 0 Å². The van der Waals surface area contributed by atoms with E-state index < -0.39 is 21.4 Å². The topological polar surface area (TPSA) is 82.0 Å². The number of nitrogens with zero attached hydrogens (tertiary/aromatic N) is 1. The van der Waals surface area contributed by atoms with Crippen LogP contribution < -0.4 is 10.0 Å². The number of rotatable bonds is 6. The van der Waals surface area contributed by atoms with Crippen LogP contribution >= 0.6 is 0 Å². The second kappa shape index (κ2) is 6.44. The lowest BCUT2D eigenvalue weighted by atomic mass is 10.2. The molecular weight excluding hydrogens is 257 g/mol. The predicted molar refractivity (Wildman–Crippen MR) is 64.8 cm³/mol. The van der Waals surface area contributed by atoms with Crippen molar-refractivity contribution < 1.29 is 12.8 Å². The zero-order chi connectivity index (χ0) is 13.6. The van der Waals surface area contributed by atoms with Crippen molar-refractivity contribution in [1.29, 1.82) is 5.26 Å². The average Bonchev–Trinajstić information content (AvgIpc) is 2.34. The predicted octanol–water partition coefficient (Wildman–Crippen LogP) is 0.585. The number of halogens is 1. The number of nitriles is 1. The van der Waals surface area contributed by atoms with E-state index in [-0.39, 0.29) is 11.4 Å². The number of sulfonamides is 1. The third-order valence-corrected chi connectivity index (χ3v) is 3.78. The fraction of sp³-hybridized carbons (Fsp3) is 0.364. The van der Waals surface area contributed by atoms with Crippen LogP contribution in [0.15, 0.2) is 23.1 Å². The van der Waals surface area contributed by atoms with Gasteiger partial charge in [-0.3, -0.25) is 0 Å². The Kier molecular flexibility index (Phi) is 5.22. The smallest absolute Gasteiger partial charge is 0.241 e. The molecule has 0 spiro atoms. The van der Waals surface area contributed by atoms with Crippen LogP contribution in [0.3, 0.4) is 0 Å². The van der Waals surface area contributed by atoms with E-state index in [0.717, 1.165) is 6.07 Å². The molecule has 1 aromatic rings. The van der Waals surface area contributed by atoms with E-state index in [1.165, 1.54) is 12.1 Å². The molecule has 0 aliphatic rings. The van der Waals surface area contributed by atoms with Crippen molar-refractivity contribution in [3.8, 4) is 6.07 Å². The van der Waals surface area contributed by atoms with Crippen LogP contribution in [0.1, 0.15) is 12.0 Å². The molecule has 0 heterocycles. The van der Waals surface area contributed by atoms with E-state index in [4.69, 9.17) is 5.26 Å². The van der Waals surface area contributed by atoms with Crippen LogP contribution in [-0.2, 0) is 10.0 Å². The molecule has 1 aromatic carbocycles. The fourth-order valence-electron chi connectivity index (χ4n) is 1.39. The van der Waals surface area contributed by atoms with Crippen molar-refractivity contribution in [3.05, 3.63) is 29.6 Å². The summed E-state index contributed by atoms with van der Waals surface area (Å²) in [4.78, 5) is -0.325. The highest BCUT2D eigenvalue weighted by molar-refractivity contribution is 7.89. The van der Waals surface area contributed by atoms with Gasteiger partial charge in [0.1, 0.15) is 22.3 Å². The first-order valence-electron chi connectivity index (χ1n) is 5.36. The zero-order valence-electron chi connectivity index (χ0n) is 9.90. The van der Waals surface area contributed by atoms with Crippen molar-refractivity contribution in [2.75, 3.05) is 20.1 Å². The van der Waals surface area contributed by atoms with Gasteiger partial charge in [0.15, 0.2) is 0 Å². The molecular formula is C11H14FN3O2S. The van der Waals surface area contributed by atoms with Crippen LogP contribution in [0.4, 0.5) is 4.39 Å². The molecule has 0 aliphatic carbocycles. The molecule has 18 heavy (non-hydrogen) atoms. The molecule has 7 heteroatoms. The number of benzene rings is 1. The molecule has 0 saturated carbocycles. The molecule has 0 atom stereocenters. The Labute approximate surface area is 106 Å². The molecule has 0 aromatic heterocycles. The third kappa shape index (κ3) is 3.50. The lowest BCUT2D eigenvalue weighted by molar-refractivity contribution is 0.572. The van der Waals surface area contributed by atoms with E-state index in [1.54, 1.807) is 13.1 Å². The summed E-state index contributed by atoms with van der Waals surface area (Å²) in [6.45, 7) is 0.890. The Morgan fingerprint density at radius 1 is 1.39 bits per heavy atom. The quantitative estimate of drug-likeness (QED) is 0.742. The van der Waals surface area contributed by atoms with Crippen LogP contribution in [-0.4, -0.2) is 28.6 Å². The molecule has 98 valence electrons. The summed E-state index contributed by atoms with van der Waals surface area (Å²) in [7, 11) is -2.09. The number of nitrogens with one attached hydrogen (secondary N) is 2. The Bertz CT molecular complexity index is 552. The highest BCUT2D eigenvalue weighted by Gasteiger charge is 2.20. The van der Waals surface area contributed by atoms with E-state index in [9.17, 15) is 12.8 Å². The van der Waals surface area contributed by atoms with E-state index in [0.29, 0.717) is 13.0 Å². The lowest BCUT2D eigenvalue weighted by Gasteiger charge is -2.08. The summed E-state index contributed by atoms with van der Waals surface area (Å²) in [5, 5.41) is 11.7. The van der Waals surface area contributed by atoms with Crippen molar-refractivity contribution >= 4 is 10.0 Å². The van der Waals surface area contributed by atoms with Gasteiger partial charge in [0.25, 0.3) is 0 Å². The molecule has 5 nitrogen and oxygen atoms in total. The molecule has 0 bridgehead atoms. The first-order valence-corrected chi connectivity index (χ1v) is 6.84. The minimum absolute atomic E-state index is 0.227. The Morgan fingerprint density at radius 2 is 2.11 bits per heavy atom. The zero-order valence-corrected chi connectivity index (χ0v) is 10.7. The maximum absolute atomic E-state index is 13.3. The van der Waals surface area contributed by atoms with E-state index in [2.05, 4.69) is 10.0 Å². The Hall–Kier alpha value is -1.49. The largest absolute Gasteiger partial charge is 0.320 e. The van der Waals surface area contributed by atoms with Crippen molar-refractivity contribution in [3.63, 3.8) is 0 Å². The van der Waals surface area contributed by atoms with E-state index >= 15 is 0 Å². The molecule has 0 fully saturated rings. The molecule has 0 amide bonds. The van der Waals surface area contributed by atoms with Gasteiger partial charge < -0.3 is 5.32 Å². The van der Waals surface area contributed by atoms with Crippen LogP contribution in [0.25, 0.3) is 0 Å². The summed E-state index contributed by atoms with van der Waals surface area (Å²) in [5.74, 6) is -0.837. The Balaban J connectivity index is 2.93. The summed E-state index contributed by atoms with van der Waals surface area (Å²) in [5.41, 5.74) is -0.460. The van der Waals surface area contributed by atoms with Gasteiger partial charge in [0, 0.05) is 6.54 Å². The summed E-state index contributed by atoms with van der Waals surface area (Å²) >= 11 is 0. The highest BCUT2D eigenvalue weighted by atomic mass is 32.2. The lowest BCUT2D eigenvalue weighted by Crippen LogP contribution is -2.27. The monoisotopic (exact) mass is 271 g/mol. The maximum Gasteiger partial charge on any atom is 0.241 e. The summed E-state index contributed by atoms with van der Waals surface area (Å²) in [6, 6.07) is 5.09. The van der Waals surface area contributed by atoms with Gasteiger partial charge in [-0.1, -0.05) is 6.07 Å². The van der Waals surface area contributed by atoms with E-state index in [1.807, 2.05) is 0 Å². The normalized spacial score (nSPS) is 11.2. The van der Waals surface area contributed by atoms with Crippen LogP contribution in [0, 0.1) is 17.1 Å². The molecule has 0 saturated heterocycles. The second-order valence-electron chi connectivity index (χ2n) is 3.58. The average molecular weight is 271 g/mol. The molecule has 2 N–H and O–H groups in total. The molecule has 1 rings (SSSR count). The fourth-order valence-corrected chi connectivity index (χ4v) is 2.62. The van der Waals surface area contributed by atoms with Crippen molar-refractivity contribution in [1.82, 2.24) is 10.0 Å².